The van der Waals surface area contributed by atoms with E-state index in [-0.39, 0.29) is 4.84 Å². The summed E-state index contributed by atoms with van der Waals surface area (Å²) in [5, 5.41) is 1.59. The Bertz CT molecular complexity index is 347. The molecular weight excluding hydrogens is 310 g/mol. The van der Waals surface area contributed by atoms with Gasteiger partial charge in [-0.1, -0.05) is 59.6 Å². The largest absolute Gasteiger partial charge is 0.106 e. The van der Waals surface area contributed by atoms with Crippen LogP contribution in [0, 0.1) is 0 Å². The van der Waals surface area contributed by atoms with Crippen LogP contribution in [0.2, 0.25) is 10.0 Å². The van der Waals surface area contributed by atoms with Gasteiger partial charge < -0.3 is 0 Å². The normalized spacial score (nSPS) is 8.78. The molecule has 4 heteroatoms. The number of hydrogen-bond acceptors (Lipinski definition) is 0. The summed E-state index contributed by atoms with van der Waals surface area (Å²) in [6.07, 6.45) is 0. The molecule has 0 aliphatic heterocycles. The van der Waals surface area contributed by atoms with Crippen LogP contribution in [0.1, 0.15) is 6.92 Å². The molecule has 18 heavy (non-hydrogen) atoms. The average Bonchev–Trinajstić information content (AvgIpc) is 2.31. The van der Waals surface area contributed by atoms with E-state index in [0.717, 1.165) is 10.0 Å². The molecule has 2 rings (SSSR count). The molecule has 98 valence electrons. The zero-order valence-electron chi connectivity index (χ0n) is 9.86. The molecule has 0 nitrogen and oxygen atoms in total. The first-order valence-corrected chi connectivity index (χ1v) is 6.84. The lowest BCUT2D eigenvalue weighted by Crippen LogP contribution is -1.63. The zero-order valence-corrected chi connectivity index (χ0v) is 12.9. The van der Waals surface area contributed by atoms with Gasteiger partial charge in [0.25, 0.3) is 0 Å². The molecule has 0 aromatic heterocycles. The second-order valence-corrected chi connectivity index (χ2v) is 5.52. The van der Waals surface area contributed by atoms with E-state index in [1.165, 1.54) is 0 Å². The molecule has 0 N–H and O–H groups in total. The topological polar surface area (TPSA) is 0 Å². The van der Waals surface area contributed by atoms with Gasteiger partial charge in [-0.3, -0.25) is 0 Å². The first kappa shape index (κ1) is 17.6. The van der Waals surface area contributed by atoms with E-state index in [9.17, 15) is 0 Å². The molecule has 2 aromatic carbocycles. The molecule has 0 radical (unpaired) electrons. The maximum atomic E-state index is 5.54. The molecule has 2 aromatic rings. The minimum atomic E-state index is -0.222. The lowest BCUT2D eigenvalue weighted by Gasteiger charge is -1.80. The van der Waals surface area contributed by atoms with Gasteiger partial charge in [-0.15, -0.1) is 23.2 Å². The van der Waals surface area contributed by atoms with Crippen molar-refractivity contribution in [1.82, 2.24) is 0 Å². The lowest BCUT2D eigenvalue weighted by molar-refractivity contribution is 1.39. The van der Waals surface area contributed by atoms with E-state index in [1.54, 1.807) is 6.92 Å². The molecule has 0 amide bonds. The number of alkyl halides is 2. The lowest BCUT2D eigenvalue weighted by atomic mass is 10.4. The Morgan fingerprint density at radius 3 is 1.00 bits per heavy atom. The fraction of sp³-hybridized carbons (Fsp3) is 0.143. The third-order valence-electron chi connectivity index (χ3n) is 1.47. The van der Waals surface area contributed by atoms with Gasteiger partial charge in [0.05, 0.1) is 0 Å². The first-order valence-electron chi connectivity index (χ1n) is 5.21. The summed E-state index contributed by atoms with van der Waals surface area (Å²) in [6.45, 7) is 1.70. The fourth-order valence-corrected chi connectivity index (χ4v) is 1.12. The summed E-state index contributed by atoms with van der Waals surface area (Å²) in [6, 6.07) is 18.9. The van der Waals surface area contributed by atoms with Crippen LogP contribution in [-0.2, 0) is 0 Å². The van der Waals surface area contributed by atoms with Crippen LogP contribution in [0.3, 0.4) is 0 Å². The van der Waals surface area contributed by atoms with E-state index in [0.29, 0.717) is 0 Å². The highest BCUT2D eigenvalue weighted by Gasteiger charge is 1.76. The minimum Gasteiger partial charge on any atom is -0.106 e. The third kappa shape index (κ3) is 13.7. The second-order valence-electron chi connectivity index (χ2n) is 3.11. The SMILES string of the molecule is CC(Cl)Cl.Clc1ccccc1.Clc1ccccc1. The van der Waals surface area contributed by atoms with Crippen LogP contribution in [0.15, 0.2) is 60.7 Å². The highest BCUT2D eigenvalue weighted by Crippen LogP contribution is 2.04. The van der Waals surface area contributed by atoms with Crippen LogP contribution in [0.25, 0.3) is 0 Å². The van der Waals surface area contributed by atoms with Crippen LogP contribution < -0.4 is 0 Å². The first-order chi connectivity index (χ1) is 8.52. The van der Waals surface area contributed by atoms with E-state index in [1.807, 2.05) is 60.7 Å². The van der Waals surface area contributed by atoms with E-state index >= 15 is 0 Å². The quantitative estimate of drug-likeness (QED) is 0.486. The molecule has 0 spiro atoms. The smallest absolute Gasteiger partial charge is 0.105 e. The van der Waals surface area contributed by atoms with Crippen LogP contribution in [0.4, 0.5) is 0 Å². The predicted octanol–water partition coefficient (Wildman–Crippen LogP) is 6.49. The van der Waals surface area contributed by atoms with E-state index in [4.69, 9.17) is 46.4 Å². The molecule has 0 bridgehead atoms. The van der Waals surface area contributed by atoms with Gasteiger partial charge >= 0.3 is 0 Å². The Balaban J connectivity index is 0.000000253. The molecule has 0 saturated carbocycles. The molecule has 0 saturated heterocycles. The van der Waals surface area contributed by atoms with Gasteiger partial charge in [-0.2, -0.15) is 0 Å². The van der Waals surface area contributed by atoms with Crippen molar-refractivity contribution in [2.75, 3.05) is 0 Å². The standard InChI is InChI=1S/2C6H5Cl.C2H4Cl2/c2*7-6-4-2-1-3-5-6;1-2(3)4/h2*1-5H;2H,1H3. The van der Waals surface area contributed by atoms with Crippen LogP contribution in [0.5, 0.6) is 0 Å². The van der Waals surface area contributed by atoms with Crippen molar-refractivity contribution >= 4 is 46.4 Å². The fourth-order valence-electron chi connectivity index (χ4n) is 0.829. The molecule has 0 atom stereocenters. The van der Waals surface area contributed by atoms with Crippen molar-refractivity contribution in [2.24, 2.45) is 0 Å². The third-order valence-corrected chi connectivity index (χ3v) is 1.97. The van der Waals surface area contributed by atoms with Gasteiger partial charge in [0, 0.05) is 10.0 Å². The number of halogens is 4. The second kappa shape index (κ2) is 11.7. The Hall–Kier alpha value is -0.400. The molecular formula is C14H14Cl4. The Morgan fingerprint density at radius 1 is 0.667 bits per heavy atom. The van der Waals surface area contributed by atoms with Crippen molar-refractivity contribution in [2.45, 2.75) is 11.8 Å². The Morgan fingerprint density at radius 2 is 0.889 bits per heavy atom. The van der Waals surface area contributed by atoms with Gasteiger partial charge in [-0.05, 0) is 31.2 Å². The summed E-state index contributed by atoms with van der Waals surface area (Å²) in [5.41, 5.74) is 0. The van der Waals surface area contributed by atoms with Crippen molar-refractivity contribution < 1.29 is 0 Å². The number of hydrogen-bond donors (Lipinski definition) is 0. The van der Waals surface area contributed by atoms with Crippen molar-refractivity contribution in [3.05, 3.63) is 70.7 Å². The Labute approximate surface area is 128 Å². The highest BCUT2D eigenvalue weighted by atomic mass is 35.5. The molecule has 0 aliphatic carbocycles. The van der Waals surface area contributed by atoms with Crippen molar-refractivity contribution in [3.63, 3.8) is 0 Å². The highest BCUT2D eigenvalue weighted by molar-refractivity contribution is 6.43. The number of rotatable bonds is 0. The maximum absolute atomic E-state index is 5.54. The van der Waals surface area contributed by atoms with Crippen molar-refractivity contribution in [3.8, 4) is 0 Å². The minimum absolute atomic E-state index is 0.222. The zero-order chi connectivity index (χ0) is 13.8. The monoisotopic (exact) mass is 322 g/mol. The summed E-state index contributed by atoms with van der Waals surface area (Å²) in [4.78, 5) is -0.222. The summed E-state index contributed by atoms with van der Waals surface area (Å²) >= 11 is 21.2. The summed E-state index contributed by atoms with van der Waals surface area (Å²) < 4.78 is 0. The molecule has 0 unspecified atom stereocenters. The molecule has 0 fully saturated rings. The predicted molar refractivity (Wildman–Crippen MR) is 84.1 cm³/mol. The van der Waals surface area contributed by atoms with Crippen LogP contribution >= 0.6 is 46.4 Å². The van der Waals surface area contributed by atoms with Crippen molar-refractivity contribution in [1.29, 1.82) is 0 Å². The van der Waals surface area contributed by atoms with Gasteiger partial charge in [-0.25, -0.2) is 0 Å². The van der Waals surface area contributed by atoms with Gasteiger partial charge in [0.2, 0.25) is 0 Å². The number of benzene rings is 2. The average molecular weight is 324 g/mol. The van der Waals surface area contributed by atoms with E-state index < -0.39 is 0 Å². The van der Waals surface area contributed by atoms with Gasteiger partial charge in [0.15, 0.2) is 0 Å². The molecule has 0 aliphatic rings. The van der Waals surface area contributed by atoms with Crippen LogP contribution in [-0.4, -0.2) is 4.84 Å². The maximum Gasteiger partial charge on any atom is 0.105 e. The summed E-state index contributed by atoms with van der Waals surface area (Å²) in [7, 11) is 0. The van der Waals surface area contributed by atoms with Gasteiger partial charge in [0.1, 0.15) is 4.84 Å². The molecule has 0 heterocycles. The van der Waals surface area contributed by atoms with E-state index in [2.05, 4.69) is 0 Å². The summed E-state index contributed by atoms with van der Waals surface area (Å²) in [5.74, 6) is 0. The Kier molecular flexibility index (Phi) is 11.4.